The highest BCUT2D eigenvalue weighted by Gasteiger charge is 2.20. The van der Waals surface area contributed by atoms with E-state index in [0.717, 1.165) is 4.47 Å². The first-order chi connectivity index (χ1) is 14.2. The predicted octanol–water partition coefficient (Wildman–Crippen LogP) is 3.83. The number of rotatable bonds is 7. The molecular formula is C19H14BrClN2O6S. The first-order valence-corrected chi connectivity index (χ1v) is 11.0. The second-order valence-electron chi connectivity index (χ2n) is 5.85. The summed E-state index contributed by atoms with van der Waals surface area (Å²) in [7, 11) is -4.10. The second kappa shape index (κ2) is 9.33. The first kappa shape index (κ1) is 21.9. The lowest BCUT2D eigenvalue weighted by Gasteiger charge is -2.10. The topological polar surface area (TPSA) is 115 Å². The van der Waals surface area contributed by atoms with Gasteiger partial charge in [0.25, 0.3) is 15.9 Å². The average molecular weight is 514 g/mol. The molecular weight excluding hydrogens is 500 g/mol. The fourth-order valence-corrected chi connectivity index (χ4v) is 3.97. The Hall–Kier alpha value is -2.82. The standard InChI is InChI=1S/C19H14BrClN2O6S/c20-12-3-8-16(15(21)10-12)29-11-18(24)22-13-4-6-14(7-5-13)30(26,27)23-19(25)17-2-1-9-28-17/h1-10H,11H2,(H,22,24)(H,23,25). The van der Waals surface area contributed by atoms with Gasteiger partial charge in [-0.3, -0.25) is 9.59 Å². The van der Waals surface area contributed by atoms with Crippen LogP contribution in [0, 0.1) is 0 Å². The largest absolute Gasteiger partial charge is 0.482 e. The fraction of sp³-hybridized carbons (Fsp3) is 0.0526. The summed E-state index contributed by atoms with van der Waals surface area (Å²) in [4.78, 5) is 23.8. The summed E-state index contributed by atoms with van der Waals surface area (Å²) >= 11 is 9.30. The first-order valence-electron chi connectivity index (χ1n) is 8.33. The molecule has 0 radical (unpaired) electrons. The van der Waals surface area contributed by atoms with Crippen molar-refractivity contribution >= 4 is 55.1 Å². The molecule has 0 unspecified atom stereocenters. The number of hydrogen-bond acceptors (Lipinski definition) is 6. The van der Waals surface area contributed by atoms with Crippen LogP contribution < -0.4 is 14.8 Å². The lowest BCUT2D eigenvalue weighted by molar-refractivity contribution is -0.118. The lowest BCUT2D eigenvalue weighted by Crippen LogP contribution is -2.30. The lowest BCUT2D eigenvalue weighted by atomic mass is 10.3. The Balaban J connectivity index is 1.58. The highest BCUT2D eigenvalue weighted by molar-refractivity contribution is 9.10. The van der Waals surface area contributed by atoms with E-state index in [1.807, 2.05) is 4.72 Å². The summed E-state index contributed by atoms with van der Waals surface area (Å²) in [6, 6.07) is 13.1. The van der Waals surface area contributed by atoms with Crippen molar-refractivity contribution in [3.05, 3.63) is 76.1 Å². The predicted molar refractivity (Wildman–Crippen MR) is 113 cm³/mol. The van der Waals surface area contributed by atoms with Gasteiger partial charge in [0.1, 0.15) is 5.75 Å². The van der Waals surface area contributed by atoms with Gasteiger partial charge in [-0.2, -0.15) is 0 Å². The number of halogens is 2. The van der Waals surface area contributed by atoms with Crippen LogP contribution in [0.3, 0.4) is 0 Å². The molecule has 0 saturated carbocycles. The van der Waals surface area contributed by atoms with Crippen molar-refractivity contribution in [2.45, 2.75) is 4.90 Å². The number of anilines is 1. The molecule has 2 aromatic carbocycles. The summed E-state index contributed by atoms with van der Waals surface area (Å²) in [6.45, 7) is -0.291. The highest BCUT2D eigenvalue weighted by Crippen LogP contribution is 2.27. The van der Waals surface area contributed by atoms with E-state index in [4.69, 9.17) is 20.8 Å². The third kappa shape index (κ3) is 5.62. The SMILES string of the molecule is O=C(COc1ccc(Br)cc1Cl)Nc1ccc(S(=O)(=O)NC(=O)c2ccco2)cc1. The van der Waals surface area contributed by atoms with Gasteiger partial charge < -0.3 is 14.5 Å². The van der Waals surface area contributed by atoms with Crippen LogP contribution in [0.2, 0.25) is 5.02 Å². The van der Waals surface area contributed by atoms with Crippen LogP contribution in [0.4, 0.5) is 5.69 Å². The van der Waals surface area contributed by atoms with Gasteiger partial charge in [0.2, 0.25) is 0 Å². The van der Waals surface area contributed by atoms with E-state index in [0.29, 0.717) is 16.5 Å². The highest BCUT2D eigenvalue weighted by atomic mass is 79.9. The summed E-state index contributed by atoms with van der Waals surface area (Å²) in [6.07, 6.45) is 1.26. The summed E-state index contributed by atoms with van der Waals surface area (Å²) in [5.41, 5.74) is 0.349. The van der Waals surface area contributed by atoms with Crippen LogP contribution in [0.15, 0.2) is 74.6 Å². The number of hydrogen-bond donors (Lipinski definition) is 2. The van der Waals surface area contributed by atoms with Crippen LogP contribution in [0.25, 0.3) is 0 Å². The maximum absolute atomic E-state index is 12.3. The maximum atomic E-state index is 12.3. The van der Waals surface area contributed by atoms with E-state index >= 15 is 0 Å². The molecule has 2 amide bonds. The van der Waals surface area contributed by atoms with E-state index in [-0.39, 0.29) is 17.3 Å². The fourth-order valence-electron chi connectivity index (χ4n) is 2.29. The van der Waals surface area contributed by atoms with Crippen molar-refractivity contribution in [2.75, 3.05) is 11.9 Å². The molecule has 156 valence electrons. The number of nitrogens with one attached hydrogen (secondary N) is 2. The van der Waals surface area contributed by atoms with E-state index < -0.39 is 21.8 Å². The van der Waals surface area contributed by atoms with E-state index in [2.05, 4.69) is 21.2 Å². The molecule has 0 spiro atoms. The third-order valence-corrected chi connectivity index (χ3v) is 5.81. The van der Waals surface area contributed by atoms with Gasteiger partial charge in [0.05, 0.1) is 16.2 Å². The number of sulfonamides is 1. The zero-order chi connectivity index (χ0) is 21.7. The number of benzene rings is 2. The van der Waals surface area contributed by atoms with Gasteiger partial charge in [0.15, 0.2) is 12.4 Å². The van der Waals surface area contributed by atoms with Crippen LogP contribution in [-0.4, -0.2) is 26.8 Å². The van der Waals surface area contributed by atoms with Gasteiger partial charge in [-0.1, -0.05) is 27.5 Å². The van der Waals surface area contributed by atoms with Crippen LogP contribution in [-0.2, 0) is 14.8 Å². The molecule has 1 aromatic heterocycles. The quantitative estimate of drug-likeness (QED) is 0.496. The van der Waals surface area contributed by atoms with Gasteiger partial charge in [0, 0.05) is 10.2 Å². The second-order valence-corrected chi connectivity index (χ2v) is 8.85. The van der Waals surface area contributed by atoms with E-state index in [1.165, 1.54) is 42.7 Å². The zero-order valence-electron chi connectivity index (χ0n) is 15.1. The van der Waals surface area contributed by atoms with E-state index in [9.17, 15) is 18.0 Å². The van der Waals surface area contributed by atoms with Gasteiger partial charge in [-0.05, 0) is 54.6 Å². The maximum Gasteiger partial charge on any atom is 0.300 e. The van der Waals surface area contributed by atoms with E-state index in [1.54, 1.807) is 18.2 Å². The Kier molecular flexibility index (Phi) is 6.80. The molecule has 1 heterocycles. The summed E-state index contributed by atoms with van der Waals surface area (Å²) in [5, 5.41) is 2.92. The van der Waals surface area contributed by atoms with Crippen molar-refractivity contribution in [1.82, 2.24) is 4.72 Å². The number of carbonyl (C=O) groups is 2. The molecule has 3 aromatic rings. The van der Waals surface area contributed by atoms with Crippen molar-refractivity contribution in [3.63, 3.8) is 0 Å². The minimum absolute atomic E-state index is 0.131. The normalized spacial score (nSPS) is 11.0. The van der Waals surface area contributed by atoms with Gasteiger partial charge in [-0.25, -0.2) is 13.1 Å². The van der Waals surface area contributed by atoms with Crippen molar-refractivity contribution in [2.24, 2.45) is 0 Å². The van der Waals surface area contributed by atoms with Crippen molar-refractivity contribution < 1.29 is 27.2 Å². The summed E-state index contributed by atoms with van der Waals surface area (Å²) in [5.74, 6) is -1.13. The molecule has 3 rings (SSSR count). The third-order valence-electron chi connectivity index (χ3n) is 3.67. The molecule has 0 fully saturated rings. The molecule has 0 aliphatic carbocycles. The molecule has 30 heavy (non-hydrogen) atoms. The smallest absolute Gasteiger partial charge is 0.300 e. The molecule has 8 nitrogen and oxygen atoms in total. The Morgan fingerprint density at radius 1 is 1.10 bits per heavy atom. The van der Waals surface area contributed by atoms with Crippen LogP contribution in [0.5, 0.6) is 5.75 Å². The Morgan fingerprint density at radius 3 is 2.47 bits per heavy atom. The zero-order valence-corrected chi connectivity index (χ0v) is 18.3. The Labute approximate surface area is 185 Å². The minimum Gasteiger partial charge on any atom is -0.482 e. The Bertz CT molecular complexity index is 1160. The van der Waals surface area contributed by atoms with Gasteiger partial charge >= 0.3 is 5.91 Å². The van der Waals surface area contributed by atoms with Crippen molar-refractivity contribution in [1.29, 1.82) is 0 Å². The monoisotopic (exact) mass is 512 g/mol. The molecule has 0 saturated heterocycles. The van der Waals surface area contributed by atoms with Crippen LogP contribution >= 0.6 is 27.5 Å². The molecule has 0 aliphatic rings. The number of ether oxygens (including phenoxy) is 1. The minimum atomic E-state index is -4.10. The Morgan fingerprint density at radius 2 is 1.83 bits per heavy atom. The molecule has 0 atom stereocenters. The van der Waals surface area contributed by atoms with Crippen molar-refractivity contribution in [3.8, 4) is 5.75 Å². The number of amides is 2. The molecule has 0 aliphatic heterocycles. The molecule has 11 heteroatoms. The molecule has 2 N–H and O–H groups in total. The summed E-state index contributed by atoms with van der Waals surface area (Å²) < 4.78 is 37.5. The number of carbonyl (C=O) groups excluding carboxylic acids is 2. The number of furan rings is 1. The van der Waals surface area contributed by atoms with Gasteiger partial charge in [-0.15, -0.1) is 0 Å². The van der Waals surface area contributed by atoms with Crippen LogP contribution in [0.1, 0.15) is 10.6 Å². The molecule has 0 bridgehead atoms. The average Bonchev–Trinajstić information content (AvgIpc) is 3.22.